The number of hydrogen-bond donors (Lipinski definition) is 1. The van der Waals surface area contributed by atoms with E-state index in [1.807, 2.05) is 34.6 Å². The summed E-state index contributed by atoms with van der Waals surface area (Å²) < 4.78 is 37.3. The van der Waals surface area contributed by atoms with E-state index in [1.54, 1.807) is 6.92 Å². The van der Waals surface area contributed by atoms with Gasteiger partial charge in [0, 0.05) is 24.5 Å². The number of ether oxygens (including phenoxy) is 5. The highest BCUT2D eigenvalue weighted by Gasteiger charge is 2.54. The summed E-state index contributed by atoms with van der Waals surface area (Å²) in [6, 6.07) is 21.5. The molecule has 0 radical (unpaired) electrons. The van der Waals surface area contributed by atoms with Crippen LogP contribution in [0.1, 0.15) is 121 Å². The minimum Gasteiger partial charge on any atom is -0.463 e. The fourth-order valence-electron chi connectivity index (χ4n) is 8.07. The minimum absolute atomic E-state index is 0.0122. The summed E-state index contributed by atoms with van der Waals surface area (Å²) >= 11 is 0. The van der Waals surface area contributed by atoms with Crippen LogP contribution in [0, 0.1) is 11.8 Å². The number of carbonyl (C=O) groups is 2. The van der Waals surface area contributed by atoms with Crippen LogP contribution in [0.4, 0.5) is 0 Å². The largest absolute Gasteiger partial charge is 0.463 e. The van der Waals surface area contributed by atoms with Crippen LogP contribution in [-0.4, -0.2) is 80.5 Å². The first-order chi connectivity index (χ1) is 27.2. The van der Waals surface area contributed by atoms with E-state index >= 15 is 0 Å². The van der Waals surface area contributed by atoms with Gasteiger partial charge in [0.25, 0.3) is 8.32 Å². The van der Waals surface area contributed by atoms with Crippen LogP contribution in [-0.2, 0) is 37.7 Å². The third-order valence-electron chi connectivity index (χ3n) is 11.2. The summed E-state index contributed by atoms with van der Waals surface area (Å²) in [5.41, 5.74) is -0.0111. The van der Waals surface area contributed by atoms with Crippen LogP contribution >= 0.6 is 0 Å². The lowest BCUT2D eigenvalue weighted by molar-refractivity contribution is -0.165. The van der Waals surface area contributed by atoms with Crippen molar-refractivity contribution in [2.24, 2.45) is 11.8 Å². The zero-order chi connectivity index (χ0) is 42.7. The summed E-state index contributed by atoms with van der Waals surface area (Å²) in [7, 11) is -2.70. The van der Waals surface area contributed by atoms with Crippen molar-refractivity contribution in [2.75, 3.05) is 13.2 Å². The van der Waals surface area contributed by atoms with E-state index < -0.39 is 44.0 Å². The molecule has 0 bridgehead atoms. The first kappa shape index (κ1) is 47.6. The summed E-state index contributed by atoms with van der Waals surface area (Å²) in [4.78, 5) is 24.5. The third-order valence-corrected chi connectivity index (χ3v) is 16.3. The highest BCUT2D eigenvalue weighted by molar-refractivity contribution is 6.99. The molecule has 0 saturated carbocycles. The molecule has 322 valence electrons. The van der Waals surface area contributed by atoms with E-state index in [0.29, 0.717) is 31.6 Å². The molecule has 0 aromatic heterocycles. The lowest BCUT2D eigenvalue weighted by atomic mass is 9.86. The van der Waals surface area contributed by atoms with Gasteiger partial charge in [-0.25, -0.2) is 4.79 Å². The van der Waals surface area contributed by atoms with Crippen molar-refractivity contribution in [3.8, 4) is 0 Å². The molecule has 2 fully saturated rings. The van der Waals surface area contributed by atoms with Crippen molar-refractivity contribution >= 4 is 30.6 Å². The number of aliphatic hydroxyl groups excluding tert-OH is 1. The van der Waals surface area contributed by atoms with E-state index in [2.05, 4.69) is 107 Å². The first-order valence-electron chi connectivity index (χ1n) is 21.4. The fraction of sp³-hybridized carbons (Fsp3) is 0.625. The highest BCUT2D eigenvalue weighted by Crippen LogP contribution is 2.41. The number of hydrogen-bond acceptors (Lipinski definition) is 9. The van der Waals surface area contributed by atoms with Crippen LogP contribution in [0.15, 0.2) is 84.5 Å². The second-order valence-corrected chi connectivity index (χ2v) is 23.0. The quantitative estimate of drug-likeness (QED) is 0.0490. The molecule has 0 spiro atoms. The molecule has 9 nitrogen and oxygen atoms in total. The molecule has 2 aromatic carbocycles. The number of esters is 2. The van der Waals surface area contributed by atoms with Crippen molar-refractivity contribution in [2.45, 2.75) is 168 Å². The van der Waals surface area contributed by atoms with Crippen molar-refractivity contribution in [1.29, 1.82) is 0 Å². The second-order valence-electron chi connectivity index (χ2n) is 18.7. The zero-order valence-corrected chi connectivity index (χ0v) is 38.1. The topological polar surface area (TPSA) is 110 Å². The van der Waals surface area contributed by atoms with Gasteiger partial charge in [0.05, 0.1) is 19.3 Å². The zero-order valence-electron chi connectivity index (χ0n) is 37.1. The third kappa shape index (κ3) is 13.2. The smallest absolute Gasteiger partial charge is 0.330 e. The van der Waals surface area contributed by atoms with Gasteiger partial charge in [-0.1, -0.05) is 120 Å². The Balaban J connectivity index is 1.30. The van der Waals surface area contributed by atoms with Crippen LogP contribution in [0.3, 0.4) is 0 Å². The normalized spacial score (nSPS) is 22.9. The molecule has 1 unspecified atom stereocenters. The van der Waals surface area contributed by atoms with Crippen LogP contribution in [0.2, 0.25) is 5.04 Å². The average molecular weight is 821 g/mol. The van der Waals surface area contributed by atoms with Gasteiger partial charge in [-0.05, 0) is 94.6 Å². The molecule has 2 saturated heterocycles. The standard InChI is InChI=1S/C48H72O9Si/c1-34(36(3)57-58(47(7,8)9,38-26-17-15-18-27-38)39-28-19-16-20-29-39)24-23-25-37-33-53-44(45-43(37)55-48(10,11)56-45)42(51)35(2)32-41(50)52-31-22-14-12-13-21-30-40(49)54-46(4,5)6/h15-20,23-24,26-29,32,34,36-37,42-45,51H,12-14,21-22,25,30-31,33H2,1-11H3/b24-23+,35-32+/t34-,36+,37-,42?,43-,44-,45-/m1/s1. The second kappa shape index (κ2) is 20.9. The Morgan fingerprint density at radius 3 is 2.03 bits per heavy atom. The first-order valence-corrected chi connectivity index (χ1v) is 23.3. The number of rotatable bonds is 19. The van der Waals surface area contributed by atoms with E-state index in [1.165, 1.54) is 16.4 Å². The number of fused-ring (bicyclic) bond motifs is 1. The Labute approximate surface area is 350 Å². The maximum Gasteiger partial charge on any atom is 0.330 e. The Morgan fingerprint density at radius 2 is 1.45 bits per heavy atom. The number of allylic oxidation sites excluding steroid dienone is 1. The maximum absolute atomic E-state index is 12.7. The van der Waals surface area contributed by atoms with E-state index in [-0.39, 0.29) is 35.1 Å². The van der Waals surface area contributed by atoms with Gasteiger partial charge in [0.15, 0.2) is 5.79 Å². The van der Waals surface area contributed by atoms with Gasteiger partial charge >= 0.3 is 11.9 Å². The molecule has 4 rings (SSSR count). The SMILES string of the molecule is C/C(=C\C(=O)OCCCCCCCC(=O)OC(C)(C)C)C(O)[C@H]1OC[C@@H](C/C=C/[C@@H](C)[C@H](C)O[Si](c2ccccc2)(c2ccccc2)C(C)(C)C)[C@H]2OC(C)(C)O[C@H]21. The van der Waals surface area contributed by atoms with E-state index in [0.717, 1.165) is 32.1 Å². The van der Waals surface area contributed by atoms with Gasteiger partial charge in [0.1, 0.15) is 23.9 Å². The molecule has 2 aliphatic heterocycles. The summed E-state index contributed by atoms with van der Waals surface area (Å²) in [6.45, 7) is 23.0. The number of carbonyl (C=O) groups excluding carboxylic acids is 2. The van der Waals surface area contributed by atoms with Crippen LogP contribution < -0.4 is 10.4 Å². The molecular formula is C48H72O9Si. The number of benzene rings is 2. The molecule has 2 heterocycles. The Morgan fingerprint density at radius 1 is 0.879 bits per heavy atom. The van der Waals surface area contributed by atoms with Gasteiger partial charge in [0.2, 0.25) is 0 Å². The summed E-state index contributed by atoms with van der Waals surface area (Å²) in [6.07, 6.45) is 8.55. The van der Waals surface area contributed by atoms with E-state index in [4.69, 9.17) is 28.1 Å². The van der Waals surface area contributed by atoms with Crippen molar-refractivity contribution < 1.29 is 42.8 Å². The summed E-state index contributed by atoms with van der Waals surface area (Å²) in [5.74, 6) is -1.36. The monoisotopic (exact) mass is 820 g/mol. The molecule has 0 amide bonds. The van der Waals surface area contributed by atoms with Crippen molar-refractivity contribution in [1.82, 2.24) is 0 Å². The van der Waals surface area contributed by atoms with Gasteiger partial charge in [-0.2, -0.15) is 0 Å². The molecule has 10 heteroatoms. The van der Waals surface area contributed by atoms with Crippen LogP contribution in [0.25, 0.3) is 0 Å². The minimum atomic E-state index is -2.70. The average Bonchev–Trinajstić information content (AvgIpc) is 3.49. The Bertz CT molecular complexity index is 1600. The molecule has 2 aromatic rings. The molecule has 2 aliphatic rings. The number of aliphatic hydroxyl groups is 1. The van der Waals surface area contributed by atoms with Gasteiger partial charge < -0.3 is 33.2 Å². The van der Waals surface area contributed by atoms with Crippen molar-refractivity contribution in [3.63, 3.8) is 0 Å². The lowest BCUT2D eigenvalue weighted by Gasteiger charge is -2.45. The van der Waals surface area contributed by atoms with Gasteiger partial charge in [-0.3, -0.25) is 4.79 Å². The Hall–Kier alpha value is -3.12. The molecular weight excluding hydrogens is 749 g/mol. The number of unbranched alkanes of at least 4 members (excludes halogenated alkanes) is 4. The summed E-state index contributed by atoms with van der Waals surface area (Å²) in [5, 5.41) is 13.8. The molecule has 0 aliphatic carbocycles. The van der Waals surface area contributed by atoms with Gasteiger partial charge in [-0.15, -0.1) is 0 Å². The fourth-order valence-corrected chi connectivity index (χ4v) is 12.9. The molecule has 58 heavy (non-hydrogen) atoms. The van der Waals surface area contributed by atoms with Crippen molar-refractivity contribution in [3.05, 3.63) is 84.5 Å². The van der Waals surface area contributed by atoms with Crippen LogP contribution in [0.5, 0.6) is 0 Å². The van der Waals surface area contributed by atoms with E-state index in [9.17, 15) is 14.7 Å². The maximum atomic E-state index is 12.7. The molecule has 7 atom stereocenters. The predicted octanol–water partition coefficient (Wildman–Crippen LogP) is 8.60. The highest BCUT2D eigenvalue weighted by atomic mass is 28.4. The Kier molecular flexibility index (Phi) is 17.1. The lowest BCUT2D eigenvalue weighted by Crippen LogP contribution is -2.67. The molecule has 1 N–H and O–H groups in total. The predicted molar refractivity (Wildman–Crippen MR) is 232 cm³/mol.